The van der Waals surface area contributed by atoms with Gasteiger partial charge in [0.1, 0.15) is 6.04 Å². The maximum Gasteiger partial charge on any atom is 0.239 e. The van der Waals surface area contributed by atoms with Gasteiger partial charge in [-0.05, 0) is 0 Å². The van der Waals surface area contributed by atoms with Gasteiger partial charge in [0.15, 0.2) is 0 Å². The van der Waals surface area contributed by atoms with Gasteiger partial charge in [0.2, 0.25) is 5.91 Å². The van der Waals surface area contributed by atoms with Crippen LogP contribution >= 0.6 is 0 Å². The molecule has 1 saturated heterocycles. The van der Waals surface area contributed by atoms with Crippen LogP contribution in [0, 0.1) is 0 Å². The average molecular weight is 130 g/mol. The van der Waals surface area contributed by atoms with E-state index in [1.807, 2.05) is 0 Å². The molecule has 0 aliphatic carbocycles. The summed E-state index contributed by atoms with van der Waals surface area (Å²) in [7, 11) is 0. The summed E-state index contributed by atoms with van der Waals surface area (Å²) >= 11 is 0. The third kappa shape index (κ3) is 1.65. The van der Waals surface area contributed by atoms with Gasteiger partial charge in [-0.1, -0.05) is 0 Å². The number of carbonyl (C=O) groups is 1. The molecule has 1 heterocycles. The second-order valence-electron chi connectivity index (χ2n) is 1.97. The van der Waals surface area contributed by atoms with Crippen molar-refractivity contribution >= 4 is 5.91 Å². The molecule has 1 aliphatic heterocycles. The topological polar surface area (TPSA) is 64.3 Å². The van der Waals surface area contributed by atoms with Crippen molar-refractivity contribution in [3.63, 3.8) is 0 Å². The normalized spacial score (nSPS) is 29.0. The van der Waals surface area contributed by atoms with E-state index in [1.165, 1.54) is 0 Å². The summed E-state index contributed by atoms with van der Waals surface area (Å²) in [5.74, 6) is -0.118. The number of hydrogen-bond donors (Lipinski definition) is 2. The van der Waals surface area contributed by atoms with Crippen LogP contribution in [0.3, 0.4) is 0 Å². The second-order valence-corrected chi connectivity index (χ2v) is 1.97. The third-order valence-corrected chi connectivity index (χ3v) is 1.18. The number of nitrogens with one attached hydrogen (secondary N) is 1. The Balaban J connectivity index is 2.41. The summed E-state index contributed by atoms with van der Waals surface area (Å²) in [6, 6.07) is -0.479. The van der Waals surface area contributed by atoms with E-state index in [2.05, 4.69) is 5.32 Å². The van der Waals surface area contributed by atoms with Crippen molar-refractivity contribution < 1.29 is 9.53 Å². The van der Waals surface area contributed by atoms with E-state index < -0.39 is 6.04 Å². The lowest BCUT2D eigenvalue weighted by molar-refractivity contribution is -0.122. The van der Waals surface area contributed by atoms with Crippen LogP contribution in [0.1, 0.15) is 0 Å². The first-order valence-electron chi connectivity index (χ1n) is 2.92. The van der Waals surface area contributed by atoms with E-state index in [-0.39, 0.29) is 5.91 Å². The Morgan fingerprint density at radius 1 is 1.78 bits per heavy atom. The molecule has 0 radical (unpaired) electrons. The molecule has 4 nitrogen and oxygen atoms in total. The van der Waals surface area contributed by atoms with Crippen molar-refractivity contribution in [2.75, 3.05) is 19.8 Å². The van der Waals surface area contributed by atoms with Crippen LogP contribution in [0.5, 0.6) is 0 Å². The van der Waals surface area contributed by atoms with E-state index >= 15 is 0 Å². The highest BCUT2D eigenvalue weighted by Gasteiger charge is 2.15. The number of ether oxygens (including phenoxy) is 1. The maximum absolute atomic E-state index is 10.7. The second kappa shape index (κ2) is 2.80. The van der Waals surface area contributed by atoms with Crippen LogP contribution in [-0.4, -0.2) is 31.7 Å². The van der Waals surface area contributed by atoms with Crippen LogP contribution in [0.2, 0.25) is 0 Å². The van der Waals surface area contributed by atoms with Gasteiger partial charge < -0.3 is 15.8 Å². The van der Waals surface area contributed by atoms with Crippen LogP contribution in [-0.2, 0) is 9.53 Å². The summed E-state index contributed by atoms with van der Waals surface area (Å²) in [6.45, 7) is 1.48. The molecular weight excluding hydrogens is 120 g/mol. The van der Waals surface area contributed by atoms with Crippen LogP contribution in [0.15, 0.2) is 0 Å². The Morgan fingerprint density at radius 3 is 3.33 bits per heavy atom. The fourth-order valence-electron chi connectivity index (χ4n) is 0.663. The minimum atomic E-state index is -0.479. The summed E-state index contributed by atoms with van der Waals surface area (Å²) < 4.78 is 4.97. The molecule has 0 saturated carbocycles. The highest BCUT2D eigenvalue weighted by atomic mass is 16.5. The summed E-state index contributed by atoms with van der Waals surface area (Å²) in [5, 5.41) is 2.61. The number of amides is 1. The van der Waals surface area contributed by atoms with Crippen LogP contribution < -0.4 is 11.1 Å². The fraction of sp³-hybridized carbons (Fsp3) is 0.800. The van der Waals surface area contributed by atoms with Crippen molar-refractivity contribution in [1.29, 1.82) is 0 Å². The van der Waals surface area contributed by atoms with Crippen LogP contribution in [0.4, 0.5) is 0 Å². The van der Waals surface area contributed by atoms with E-state index in [4.69, 9.17) is 10.5 Å². The zero-order chi connectivity index (χ0) is 6.69. The standard InChI is InChI=1S/C5H10N2O2/c6-4-3-9-2-1-7-5(4)8/h4H,1-3,6H2,(H,7,8). The Bertz CT molecular complexity index is 116. The van der Waals surface area contributed by atoms with E-state index in [1.54, 1.807) is 0 Å². The van der Waals surface area contributed by atoms with Gasteiger partial charge in [0.05, 0.1) is 13.2 Å². The molecule has 3 N–H and O–H groups in total. The van der Waals surface area contributed by atoms with E-state index in [0.29, 0.717) is 19.8 Å². The zero-order valence-electron chi connectivity index (χ0n) is 5.09. The van der Waals surface area contributed by atoms with Crippen molar-refractivity contribution in [3.8, 4) is 0 Å². The Morgan fingerprint density at radius 2 is 2.56 bits per heavy atom. The summed E-state index contributed by atoms with van der Waals surface area (Å²) in [5.41, 5.74) is 5.34. The molecule has 0 aromatic carbocycles. The molecule has 1 atom stereocenters. The SMILES string of the molecule is NC1COCCNC1=O. The lowest BCUT2D eigenvalue weighted by Gasteiger charge is -2.03. The molecule has 0 spiro atoms. The lowest BCUT2D eigenvalue weighted by Crippen LogP contribution is -2.41. The highest BCUT2D eigenvalue weighted by molar-refractivity contribution is 5.81. The van der Waals surface area contributed by atoms with Crippen molar-refractivity contribution in [1.82, 2.24) is 5.32 Å². The molecule has 0 aromatic rings. The first kappa shape index (κ1) is 6.51. The molecule has 4 heteroatoms. The summed E-state index contributed by atoms with van der Waals surface area (Å²) in [6.07, 6.45) is 0. The van der Waals surface area contributed by atoms with Gasteiger partial charge in [0.25, 0.3) is 0 Å². The molecule has 1 aliphatic rings. The molecular formula is C5H10N2O2. The quantitative estimate of drug-likeness (QED) is 0.417. The number of carbonyl (C=O) groups excluding carboxylic acids is 1. The smallest absolute Gasteiger partial charge is 0.239 e. The molecule has 52 valence electrons. The first-order valence-corrected chi connectivity index (χ1v) is 2.92. The predicted molar refractivity (Wildman–Crippen MR) is 31.8 cm³/mol. The van der Waals surface area contributed by atoms with Gasteiger partial charge in [-0.3, -0.25) is 4.79 Å². The van der Waals surface area contributed by atoms with Crippen LogP contribution in [0.25, 0.3) is 0 Å². The predicted octanol–water partition coefficient (Wildman–Crippen LogP) is -1.54. The number of rotatable bonds is 0. The minimum Gasteiger partial charge on any atom is -0.377 e. The molecule has 1 unspecified atom stereocenters. The van der Waals surface area contributed by atoms with Gasteiger partial charge in [0, 0.05) is 6.54 Å². The highest BCUT2D eigenvalue weighted by Crippen LogP contribution is 1.86. The lowest BCUT2D eigenvalue weighted by atomic mass is 10.3. The molecule has 1 rings (SSSR count). The zero-order valence-corrected chi connectivity index (χ0v) is 5.09. The molecule has 0 aromatic heterocycles. The van der Waals surface area contributed by atoms with E-state index in [9.17, 15) is 4.79 Å². The first-order chi connectivity index (χ1) is 4.30. The molecule has 1 fully saturated rings. The van der Waals surface area contributed by atoms with Crippen molar-refractivity contribution in [3.05, 3.63) is 0 Å². The van der Waals surface area contributed by atoms with Crippen molar-refractivity contribution in [2.45, 2.75) is 6.04 Å². The number of nitrogens with two attached hydrogens (primary N) is 1. The molecule has 9 heavy (non-hydrogen) atoms. The van der Waals surface area contributed by atoms with Gasteiger partial charge in [-0.2, -0.15) is 0 Å². The van der Waals surface area contributed by atoms with Crippen molar-refractivity contribution in [2.24, 2.45) is 5.73 Å². The minimum absolute atomic E-state index is 0.118. The Hall–Kier alpha value is -0.610. The Labute approximate surface area is 53.4 Å². The summed E-state index contributed by atoms with van der Waals surface area (Å²) in [4.78, 5) is 10.7. The average Bonchev–Trinajstić information content (AvgIpc) is 1.99. The third-order valence-electron chi connectivity index (χ3n) is 1.18. The molecule has 0 bridgehead atoms. The fourth-order valence-corrected chi connectivity index (χ4v) is 0.663. The number of hydrogen-bond acceptors (Lipinski definition) is 3. The maximum atomic E-state index is 10.7. The monoisotopic (exact) mass is 130 g/mol. The molecule has 1 amide bonds. The van der Waals surface area contributed by atoms with E-state index in [0.717, 1.165) is 0 Å². The Kier molecular flexibility index (Phi) is 2.02. The van der Waals surface area contributed by atoms with Gasteiger partial charge in [-0.15, -0.1) is 0 Å². The van der Waals surface area contributed by atoms with Gasteiger partial charge in [-0.25, -0.2) is 0 Å². The van der Waals surface area contributed by atoms with Gasteiger partial charge >= 0.3 is 0 Å². The largest absolute Gasteiger partial charge is 0.377 e.